The molecule has 8 heteroatoms. The molecule has 38 valence electrons. The molecule has 0 spiro atoms. The summed E-state index contributed by atoms with van der Waals surface area (Å²) in [5, 5.41) is 0. The van der Waals surface area contributed by atoms with Crippen molar-refractivity contribution in [1.82, 2.24) is 0 Å². The third-order valence-electron chi connectivity index (χ3n) is 0.0481. The molecule has 0 amide bonds. The molecule has 0 heterocycles. The van der Waals surface area contributed by atoms with Crippen LogP contribution in [0, 0.1) is 0 Å². The Morgan fingerprint density at radius 1 is 1.38 bits per heavy atom. The van der Waals surface area contributed by atoms with E-state index in [4.69, 9.17) is 15.7 Å². The molecule has 0 unspecified atom stereocenters. The van der Waals surface area contributed by atoms with Crippen molar-refractivity contribution in [3.63, 3.8) is 0 Å². The predicted octanol–water partition coefficient (Wildman–Crippen LogP) is -2.00. The minimum atomic E-state index is -0.790. The molecule has 0 N–H and O–H groups in total. The first-order valence-corrected chi connectivity index (χ1v) is 4.21. The Balaban J connectivity index is -0.0000000542. The van der Waals surface area contributed by atoms with Crippen LogP contribution in [0.5, 0.6) is 0 Å². The summed E-state index contributed by atoms with van der Waals surface area (Å²) in [5.41, 5.74) is 0. The molecule has 0 aliphatic carbocycles. The zero-order chi connectivity index (χ0) is 7.41. The number of hydrogen-bond acceptors (Lipinski definition) is 4. The van der Waals surface area contributed by atoms with E-state index in [-0.39, 0.29) is 25.8 Å². The Kier molecular flexibility index (Phi) is 88.4. The van der Waals surface area contributed by atoms with Crippen LogP contribution >= 0.6 is 0 Å². The average Bonchev–Trinajstić information content (AvgIpc) is 1.96. The fourth-order valence-corrected chi connectivity index (χ4v) is 0. The van der Waals surface area contributed by atoms with Crippen molar-refractivity contribution in [2.45, 2.75) is 0 Å². The van der Waals surface area contributed by atoms with E-state index in [2.05, 4.69) is 0 Å². The first-order valence-electron chi connectivity index (χ1n) is 1.17. The molecular weight excluding hydrogens is 337 g/mol. The van der Waals surface area contributed by atoms with Crippen molar-refractivity contribution < 1.29 is 15.7 Å². The van der Waals surface area contributed by atoms with E-state index in [0.717, 1.165) is 0 Å². The van der Waals surface area contributed by atoms with Crippen LogP contribution in [0.25, 0.3) is 0 Å². The zero-order valence-corrected chi connectivity index (χ0v) is 9.83. The molecule has 4 radical (unpaired) electrons. The second-order valence-corrected chi connectivity index (χ2v) is 0.707. The molecule has 0 saturated carbocycles. The van der Waals surface area contributed by atoms with Crippen LogP contribution in [0.4, 0.5) is 0 Å². The Labute approximate surface area is 73.3 Å². The molecule has 0 aliphatic rings. The molecule has 0 aromatic heterocycles. The third-order valence-corrected chi connectivity index (χ3v) is 0.144. The molecule has 0 bridgehead atoms. The van der Waals surface area contributed by atoms with Gasteiger partial charge >= 0.3 is 73.7 Å². The minimum absolute atomic E-state index is 0.0556. The number of rotatable bonds is 1. The fourth-order valence-electron chi connectivity index (χ4n) is 0. The van der Waals surface area contributed by atoms with E-state index in [9.17, 15) is 0 Å². The Morgan fingerprint density at radius 3 is 1.50 bits per heavy atom. The summed E-state index contributed by atoms with van der Waals surface area (Å²) in [7, 11) is -0.790. The number of hydrogen-bond donors (Lipinski definition) is 0. The topological polar surface area (TPSA) is 68.3 Å². The van der Waals surface area contributed by atoms with Crippen molar-refractivity contribution in [2.24, 2.45) is 0 Å². The van der Waals surface area contributed by atoms with Crippen LogP contribution in [0.3, 0.4) is 0 Å². The standard InChI is InChI=1S/Al.BO2Si.2O.Pb/c;2-1-4-3;;;. The Morgan fingerprint density at radius 2 is 1.50 bits per heavy atom. The molecule has 8 heavy (non-hydrogen) atoms. The van der Waals surface area contributed by atoms with E-state index in [1.54, 1.807) is 0 Å². The first kappa shape index (κ1) is 16.0. The van der Waals surface area contributed by atoms with Crippen LogP contribution in [0.1, 0.15) is 0 Å². The van der Waals surface area contributed by atoms with E-state index in [0.29, 0.717) is 6.74 Å². The van der Waals surface area contributed by atoms with E-state index in [1.807, 2.05) is 0 Å². The van der Waals surface area contributed by atoms with Crippen LogP contribution in [-0.4, -0.2) is 58.0 Å². The molecule has 4 nitrogen and oxygen atoms in total. The van der Waals surface area contributed by atoms with Gasteiger partial charge in [-0.15, -0.1) is 0 Å². The maximum absolute atomic E-state index is 8.96. The van der Waals surface area contributed by atoms with Gasteiger partial charge in [-0.3, -0.25) is 0 Å². The second-order valence-electron chi connectivity index (χ2n) is 0.236. The summed E-state index contributed by atoms with van der Waals surface area (Å²) in [6, 6.07) is 0. The van der Waals surface area contributed by atoms with E-state index < -0.39 is 9.28 Å². The monoisotopic (exact) mass is 338 g/mol. The summed E-state index contributed by atoms with van der Waals surface area (Å²) in [4.78, 5) is 0. The zero-order valence-electron chi connectivity index (χ0n) is 3.79. The van der Waals surface area contributed by atoms with Gasteiger partial charge in [-0.2, -0.15) is 0 Å². The molecular formula is AlBO4PbSi. The summed E-state index contributed by atoms with van der Waals surface area (Å²) in [6.07, 6.45) is 0. The van der Waals surface area contributed by atoms with Crippen LogP contribution in [-0.2, 0) is 15.7 Å². The Bertz CT molecular complexity index is 52.0. The predicted molar refractivity (Wildman–Crippen MR) is 25.8 cm³/mol. The molecule has 0 rings (SSSR count). The van der Waals surface area contributed by atoms with Gasteiger partial charge in [0.2, 0.25) is 0 Å². The normalized spacial score (nSPS) is 2.88. The van der Waals surface area contributed by atoms with Gasteiger partial charge < -0.3 is 0 Å². The summed E-state index contributed by atoms with van der Waals surface area (Å²) in [5.74, 6) is 0. The van der Waals surface area contributed by atoms with Gasteiger partial charge in [-0.25, -0.2) is 0 Å². The molecule has 0 aromatic rings. The van der Waals surface area contributed by atoms with Gasteiger partial charge in [0.05, 0.1) is 0 Å². The van der Waals surface area contributed by atoms with Crippen molar-refractivity contribution in [1.29, 1.82) is 0 Å². The molecule has 0 aromatic carbocycles. The van der Waals surface area contributed by atoms with Crippen molar-refractivity contribution >= 4 is 58.0 Å². The average molecular weight is 337 g/mol. The SMILES string of the molecule is O=B[Si]=O.[O]=[Al].[O]=[Pb]. The quantitative estimate of drug-likeness (QED) is 0.519. The van der Waals surface area contributed by atoms with Crippen molar-refractivity contribution in [3.8, 4) is 0 Å². The van der Waals surface area contributed by atoms with E-state index >= 15 is 0 Å². The van der Waals surface area contributed by atoms with Gasteiger partial charge in [0, 0.05) is 0 Å². The summed E-state index contributed by atoms with van der Waals surface area (Å²) >= 11 is 1.22. The molecule has 0 fully saturated rings. The summed E-state index contributed by atoms with van der Waals surface area (Å²) in [6.45, 7) is 0.347. The fraction of sp³-hybridized carbons (Fsp3) is 0. The van der Waals surface area contributed by atoms with E-state index in [1.165, 1.54) is 16.2 Å². The van der Waals surface area contributed by atoms with Crippen molar-refractivity contribution in [2.75, 3.05) is 0 Å². The van der Waals surface area contributed by atoms with Gasteiger partial charge in [-0.05, 0) is 0 Å². The van der Waals surface area contributed by atoms with Crippen LogP contribution < -0.4 is 0 Å². The van der Waals surface area contributed by atoms with Gasteiger partial charge in [0.15, 0.2) is 0 Å². The second kappa shape index (κ2) is 44.3. The molecule has 0 saturated heterocycles. The van der Waals surface area contributed by atoms with Crippen LogP contribution in [0.15, 0.2) is 0 Å². The van der Waals surface area contributed by atoms with Gasteiger partial charge in [0.1, 0.15) is 0 Å². The van der Waals surface area contributed by atoms with Gasteiger partial charge in [-0.1, -0.05) is 0 Å². The molecule has 0 aliphatic heterocycles. The van der Waals surface area contributed by atoms with Gasteiger partial charge in [0.25, 0.3) is 0 Å². The van der Waals surface area contributed by atoms with Crippen LogP contribution in [0.2, 0.25) is 0 Å². The maximum atomic E-state index is 8.96. The van der Waals surface area contributed by atoms with Crippen molar-refractivity contribution in [3.05, 3.63) is 0 Å². The summed E-state index contributed by atoms with van der Waals surface area (Å²) < 4.78 is 34.4. The Hall–Kier alpha value is 0.936. The first-order chi connectivity index (χ1) is 3.91. The molecule has 0 atom stereocenters. The third kappa shape index (κ3) is 65.2.